The standard InChI is InChI=1S/C24H39BN2O5/c1-18-17-26(12-13-27(18)21(28)30-22(2,3)4)14-15-29-20-11-9-10-19(16-20)25-31-23(5,6)24(7,8)32-25/h9-11,16,18H,12-15,17H2,1-8H3/t18-/m1/s1. The molecule has 1 atom stereocenters. The molecule has 8 heteroatoms. The molecule has 0 unspecified atom stereocenters. The first-order valence-corrected chi connectivity index (χ1v) is 11.6. The average Bonchev–Trinajstić information content (AvgIpc) is 2.88. The van der Waals surface area contributed by atoms with E-state index in [0.29, 0.717) is 13.2 Å². The van der Waals surface area contributed by atoms with Crippen LogP contribution in [0.15, 0.2) is 24.3 Å². The van der Waals surface area contributed by atoms with E-state index in [1.165, 1.54) is 0 Å². The molecule has 3 rings (SSSR count). The van der Waals surface area contributed by atoms with E-state index in [0.717, 1.165) is 30.8 Å². The summed E-state index contributed by atoms with van der Waals surface area (Å²) in [4.78, 5) is 16.5. The summed E-state index contributed by atoms with van der Waals surface area (Å²) in [6.45, 7) is 19.6. The number of amides is 1. The number of benzene rings is 1. The van der Waals surface area contributed by atoms with Crippen molar-refractivity contribution in [1.29, 1.82) is 0 Å². The van der Waals surface area contributed by atoms with Gasteiger partial charge in [-0.1, -0.05) is 12.1 Å². The highest BCUT2D eigenvalue weighted by Crippen LogP contribution is 2.36. The van der Waals surface area contributed by atoms with Gasteiger partial charge in [-0.3, -0.25) is 4.90 Å². The minimum Gasteiger partial charge on any atom is -0.492 e. The number of carbonyl (C=O) groups excluding carboxylic acids is 1. The molecule has 178 valence electrons. The highest BCUT2D eigenvalue weighted by molar-refractivity contribution is 6.62. The second kappa shape index (κ2) is 9.24. The molecule has 0 N–H and O–H groups in total. The Labute approximate surface area is 193 Å². The van der Waals surface area contributed by atoms with E-state index >= 15 is 0 Å². The molecule has 32 heavy (non-hydrogen) atoms. The monoisotopic (exact) mass is 446 g/mol. The van der Waals surface area contributed by atoms with Crippen LogP contribution in [0.4, 0.5) is 4.79 Å². The molecule has 2 heterocycles. The highest BCUT2D eigenvalue weighted by Gasteiger charge is 2.51. The van der Waals surface area contributed by atoms with Gasteiger partial charge in [-0.25, -0.2) is 4.79 Å². The molecule has 2 saturated heterocycles. The Morgan fingerprint density at radius 2 is 1.81 bits per heavy atom. The second-order valence-electron chi connectivity index (χ2n) is 10.8. The molecule has 2 aliphatic heterocycles. The lowest BCUT2D eigenvalue weighted by Crippen LogP contribution is -2.55. The second-order valence-corrected chi connectivity index (χ2v) is 10.8. The number of carbonyl (C=O) groups is 1. The molecule has 0 aliphatic carbocycles. The predicted octanol–water partition coefficient (Wildman–Crippen LogP) is 3.31. The van der Waals surface area contributed by atoms with Crippen LogP contribution in [0.2, 0.25) is 0 Å². The van der Waals surface area contributed by atoms with Gasteiger partial charge in [-0.15, -0.1) is 0 Å². The lowest BCUT2D eigenvalue weighted by molar-refractivity contribution is 0.000356. The smallest absolute Gasteiger partial charge is 0.492 e. The molecule has 0 saturated carbocycles. The van der Waals surface area contributed by atoms with Gasteiger partial charge in [0.15, 0.2) is 0 Å². The molecule has 0 bridgehead atoms. The van der Waals surface area contributed by atoms with Crippen LogP contribution in [0.25, 0.3) is 0 Å². The Bertz CT molecular complexity index is 792. The van der Waals surface area contributed by atoms with Gasteiger partial charge in [0, 0.05) is 32.2 Å². The van der Waals surface area contributed by atoms with Crippen LogP contribution in [0.1, 0.15) is 55.4 Å². The molecule has 7 nitrogen and oxygen atoms in total. The summed E-state index contributed by atoms with van der Waals surface area (Å²) in [5, 5.41) is 0. The van der Waals surface area contributed by atoms with Gasteiger partial charge >= 0.3 is 13.2 Å². The van der Waals surface area contributed by atoms with Crippen molar-refractivity contribution in [3.63, 3.8) is 0 Å². The number of rotatable bonds is 5. The third-order valence-corrected chi connectivity index (χ3v) is 6.40. The normalized spacial score (nSPS) is 23.3. The SMILES string of the molecule is C[C@@H]1CN(CCOc2cccc(B3OC(C)(C)C(C)(C)O3)c2)CCN1C(=O)OC(C)(C)C. The van der Waals surface area contributed by atoms with E-state index in [-0.39, 0.29) is 23.3 Å². The lowest BCUT2D eigenvalue weighted by atomic mass is 9.79. The number of ether oxygens (including phenoxy) is 2. The first kappa shape index (κ1) is 24.9. The van der Waals surface area contributed by atoms with Crippen LogP contribution in [-0.2, 0) is 14.0 Å². The maximum atomic E-state index is 12.4. The van der Waals surface area contributed by atoms with Crippen LogP contribution >= 0.6 is 0 Å². The molecule has 1 aromatic rings. The fraction of sp³-hybridized carbons (Fsp3) is 0.708. The minimum absolute atomic E-state index is 0.102. The van der Waals surface area contributed by atoms with E-state index in [2.05, 4.69) is 39.5 Å². The zero-order chi connectivity index (χ0) is 23.7. The van der Waals surface area contributed by atoms with Crippen molar-refractivity contribution in [1.82, 2.24) is 9.80 Å². The molecule has 0 spiro atoms. The zero-order valence-corrected chi connectivity index (χ0v) is 20.9. The van der Waals surface area contributed by atoms with E-state index in [1.807, 2.05) is 49.9 Å². The number of hydrogen-bond acceptors (Lipinski definition) is 6. The van der Waals surface area contributed by atoms with Gasteiger partial charge in [0.1, 0.15) is 18.0 Å². The van der Waals surface area contributed by atoms with Crippen molar-refractivity contribution in [3.05, 3.63) is 24.3 Å². The number of piperazine rings is 1. The van der Waals surface area contributed by atoms with E-state index in [1.54, 1.807) is 0 Å². The fourth-order valence-electron chi connectivity index (χ4n) is 3.85. The van der Waals surface area contributed by atoms with Gasteiger partial charge in [0.25, 0.3) is 0 Å². The molecule has 0 aromatic heterocycles. The maximum Gasteiger partial charge on any atom is 0.494 e. The van der Waals surface area contributed by atoms with Crippen LogP contribution in [-0.4, -0.2) is 78.6 Å². The largest absolute Gasteiger partial charge is 0.494 e. The summed E-state index contributed by atoms with van der Waals surface area (Å²) in [7, 11) is -0.398. The molecular weight excluding hydrogens is 407 g/mol. The first-order valence-electron chi connectivity index (χ1n) is 11.6. The van der Waals surface area contributed by atoms with Gasteiger partial charge in [0.05, 0.1) is 11.2 Å². The van der Waals surface area contributed by atoms with Crippen LogP contribution in [0.5, 0.6) is 5.75 Å². The van der Waals surface area contributed by atoms with Gasteiger partial charge in [0.2, 0.25) is 0 Å². The summed E-state index contributed by atoms with van der Waals surface area (Å²) < 4.78 is 23.8. The van der Waals surface area contributed by atoms with Crippen LogP contribution in [0.3, 0.4) is 0 Å². The van der Waals surface area contributed by atoms with E-state index in [9.17, 15) is 4.79 Å². The van der Waals surface area contributed by atoms with Gasteiger partial charge < -0.3 is 23.7 Å². The Balaban J connectivity index is 1.48. The molecule has 1 amide bonds. The average molecular weight is 446 g/mol. The summed E-state index contributed by atoms with van der Waals surface area (Å²) in [5.41, 5.74) is -0.254. The van der Waals surface area contributed by atoms with Crippen molar-refractivity contribution in [2.45, 2.75) is 78.2 Å². The van der Waals surface area contributed by atoms with Gasteiger partial charge in [-0.2, -0.15) is 0 Å². The van der Waals surface area contributed by atoms with E-state index < -0.39 is 12.7 Å². The predicted molar refractivity (Wildman–Crippen MR) is 126 cm³/mol. The summed E-state index contributed by atoms with van der Waals surface area (Å²) >= 11 is 0. The van der Waals surface area contributed by atoms with Crippen molar-refractivity contribution in [2.24, 2.45) is 0 Å². The lowest BCUT2D eigenvalue weighted by Gasteiger charge is -2.40. The van der Waals surface area contributed by atoms with Crippen LogP contribution in [0, 0.1) is 0 Å². The third-order valence-electron chi connectivity index (χ3n) is 6.40. The first-order chi connectivity index (χ1) is 14.8. The zero-order valence-electron chi connectivity index (χ0n) is 20.9. The molecule has 2 aliphatic rings. The summed E-state index contributed by atoms with van der Waals surface area (Å²) in [6.07, 6.45) is -0.236. The fourth-order valence-corrected chi connectivity index (χ4v) is 3.85. The quantitative estimate of drug-likeness (QED) is 0.647. The number of nitrogens with zero attached hydrogens (tertiary/aromatic N) is 2. The summed E-state index contributed by atoms with van der Waals surface area (Å²) in [6, 6.07) is 8.03. The molecule has 0 radical (unpaired) electrons. The van der Waals surface area contributed by atoms with Crippen LogP contribution < -0.4 is 10.2 Å². The topological polar surface area (TPSA) is 60.5 Å². The Morgan fingerprint density at radius 3 is 2.41 bits per heavy atom. The maximum absolute atomic E-state index is 12.4. The van der Waals surface area contributed by atoms with Crippen molar-refractivity contribution < 1.29 is 23.6 Å². The minimum atomic E-state index is -0.476. The Hall–Kier alpha value is -1.77. The summed E-state index contributed by atoms with van der Waals surface area (Å²) in [5.74, 6) is 0.803. The van der Waals surface area contributed by atoms with Crippen molar-refractivity contribution >= 4 is 18.7 Å². The Morgan fingerprint density at radius 1 is 1.16 bits per heavy atom. The molecule has 1 aromatic carbocycles. The van der Waals surface area contributed by atoms with Crippen molar-refractivity contribution in [3.8, 4) is 5.75 Å². The number of hydrogen-bond donors (Lipinski definition) is 0. The van der Waals surface area contributed by atoms with E-state index in [4.69, 9.17) is 18.8 Å². The highest BCUT2D eigenvalue weighted by atomic mass is 16.7. The van der Waals surface area contributed by atoms with Crippen molar-refractivity contribution in [2.75, 3.05) is 32.8 Å². The Kier molecular flexibility index (Phi) is 7.18. The van der Waals surface area contributed by atoms with Gasteiger partial charge in [-0.05, 0) is 73.0 Å². The molecule has 2 fully saturated rings. The molecular formula is C24H39BN2O5. The third kappa shape index (κ3) is 5.97.